The Labute approximate surface area is 158 Å². The number of fused-ring (bicyclic) bond motifs is 1. The van der Waals surface area contributed by atoms with Crippen molar-refractivity contribution >= 4 is 24.3 Å². The van der Waals surface area contributed by atoms with E-state index in [1.54, 1.807) is 11.5 Å². The van der Waals surface area contributed by atoms with Crippen LogP contribution in [0, 0.1) is 12.8 Å². The lowest BCUT2D eigenvalue weighted by Gasteiger charge is -2.26. The molecule has 8 nitrogen and oxygen atoms in total. The van der Waals surface area contributed by atoms with E-state index in [1.165, 1.54) is 0 Å². The van der Waals surface area contributed by atoms with Gasteiger partial charge in [0.25, 0.3) is 5.56 Å². The molecule has 3 heterocycles. The summed E-state index contributed by atoms with van der Waals surface area (Å²) in [4.78, 5) is 23.7. The Morgan fingerprint density at radius 2 is 2.00 bits per heavy atom. The number of aliphatic hydroxyl groups excluding tert-OH is 2. The molecule has 1 unspecified atom stereocenters. The van der Waals surface area contributed by atoms with Gasteiger partial charge in [-0.05, 0) is 32.3 Å². The van der Waals surface area contributed by atoms with Crippen LogP contribution in [0.2, 0.25) is 0 Å². The maximum absolute atomic E-state index is 12.2. The fraction of sp³-hybridized carbons (Fsp3) is 0.667. The van der Waals surface area contributed by atoms with Crippen molar-refractivity contribution in [3.05, 3.63) is 22.0 Å². The average Bonchev–Trinajstić information content (AvgIpc) is 3.04. The minimum Gasteiger partial charge on any atom is -0.388 e. The monoisotopic (exact) mass is 396 g/mol. The van der Waals surface area contributed by atoms with E-state index in [4.69, 9.17) is 4.74 Å². The fourth-order valence-electron chi connectivity index (χ4n) is 3.91. The molecule has 0 bridgehead atoms. The van der Waals surface area contributed by atoms with Gasteiger partial charge in [-0.1, -0.05) is 13.8 Å². The van der Waals surface area contributed by atoms with Crippen molar-refractivity contribution < 1.29 is 14.9 Å². The lowest BCUT2D eigenvalue weighted by molar-refractivity contribution is -0.0499. The molecule has 0 amide bonds. The number of ether oxygens (including phenoxy) is 1. The molecule has 9 heteroatoms. The zero-order valence-electron chi connectivity index (χ0n) is 16.5. The van der Waals surface area contributed by atoms with Gasteiger partial charge in [-0.2, -0.15) is 0 Å². The Balaban J connectivity index is 2.04. The summed E-state index contributed by atoms with van der Waals surface area (Å²) in [6.07, 6.45) is 2.10. The summed E-state index contributed by atoms with van der Waals surface area (Å²) in [5, 5.41) is 21.4. The van der Waals surface area contributed by atoms with Crippen molar-refractivity contribution in [2.45, 2.75) is 51.7 Å². The molecule has 0 radical (unpaired) electrons. The summed E-state index contributed by atoms with van der Waals surface area (Å²) >= 11 is 0. The second-order valence-electron chi connectivity index (χ2n) is 8.14. The van der Waals surface area contributed by atoms with Gasteiger partial charge in [0.05, 0.1) is 6.10 Å². The molecule has 2 aromatic heterocycles. The normalized spacial score (nSPS) is 27.4. The summed E-state index contributed by atoms with van der Waals surface area (Å²) < 4.78 is 7.78. The number of aliphatic hydroxyl groups is 2. The smallest absolute Gasteiger partial charge is 0.279 e. The minimum atomic E-state index is -1.32. The van der Waals surface area contributed by atoms with Crippen molar-refractivity contribution in [3.63, 3.8) is 0 Å². The highest BCUT2D eigenvalue weighted by Crippen LogP contribution is 2.42. The van der Waals surface area contributed by atoms with Crippen molar-refractivity contribution in [2.75, 3.05) is 19.5 Å². The van der Waals surface area contributed by atoms with Gasteiger partial charge in [-0.25, -0.2) is 9.97 Å². The van der Waals surface area contributed by atoms with Gasteiger partial charge in [0.2, 0.25) is 0 Å². The minimum absolute atomic E-state index is 0.0402. The molecule has 3 rings (SSSR count). The number of nitrogens with zero attached hydrogens (tertiary/aromatic N) is 3. The Kier molecular flexibility index (Phi) is 5.38. The molecule has 150 valence electrons. The number of imidazole rings is 1. The molecule has 0 saturated carbocycles. The van der Waals surface area contributed by atoms with Crippen LogP contribution in [0.4, 0.5) is 0 Å². The van der Waals surface area contributed by atoms with Crippen molar-refractivity contribution in [2.24, 2.45) is 5.92 Å². The lowest BCUT2D eigenvalue weighted by atomic mass is 10.0. The molecule has 2 aromatic rings. The first-order valence-electron chi connectivity index (χ1n) is 9.20. The summed E-state index contributed by atoms with van der Waals surface area (Å²) in [5.41, 5.74) is 0.249. The van der Waals surface area contributed by atoms with Crippen LogP contribution in [-0.2, 0) is 11.2 Å². The maximum atomic E-state index is 12.2. The van der Waals surface area contributed by atoms with Crippen molar-refractivity contribution in [3.8, 4) is 0 Å². The van der Waals surface area contributed by atoms with Crippen LogP contribution in [-0.4, -0.2) is 73.8 Å². The number of H-pyrrole nitrogens is 1. The molecule has 1 saturated heterocycles. The van der Waals surface area contributed by atoms with Gasteiger partial charge in [-0.15, -0.1) is 13.2 Å². The Morgan fingerprint density at radius 3 is 2.59 bits per heavy atom. The largest absolute Gasteiger partial charge is 0.388 e. The number of rotatable bonds is 5. The predicted octanol–water partition coefficient (Wildman–Crippen LogP) is 0.955. The van der Waals surface area contributed by atoms with Gasteiger partial charge in [0, 0.05) is 6.42 Å². The Morgan fingerprint density at radius 1 is 1.33 bits per heavy atom. The van der Waals surface area contributed by atoms with Crippen LogP contribution < -0.4 is 5.56 Å². The fourth-order valence-corrected chi connectivity index (χ4v) is 5.68. The summed E-state index contributed by atoms with van der Waals surface area (Å²) in [5.74, 6) is 1.08. The standard InChI is InChI=1S/C18H29N4O4P/c1-7-11-21-12-16(19-10(3)20-17(12)25)22(11)18-14(24)13(23)15(26-18)9(2)8-27(4,5)6/h9,13-15,18,23-24H,4,7-8H2,1-3,5-6H3,(H,19,20,25)/t9?,13-,14+,15+,18+/m0/s1. The number of aryl methyl sites for hydroxylation is 2. The van der Waals surface area contributed by atoms with Crippen LogP contribution >= 0.6 is 6.89 Å². The van der Waals surface area contributed by atoms with E-state index in [-0.39, 0.29) is 17.0 Å². The number of aromatic amines is 1. The molecule has 0 aliphatic carbocycles. The topological polar surface area (TPSA) is 113 Å². The van der Waals surface area contributed by atoms with Crippen LogP contribution in [0.25, 0.3) is 11.2 Å². The molecular formula is C18H29N4O4P. The molecule has 0 aromatic carbocycles. The quantitative estimate of drug-likeness (QED) is 0.649. The molecular weight excluding hydrogens is 367 g/mol. The number of hydrogen-bond donors (Lipinski definition) is 3. The molecule has 0 spiro atoms. The van der Waals surface area contributed by atoms with Gasteiger partial charge >= 0.3 is 0 Å². The summed E-state index contributed by atoms with van der Waals surface area (Å²) in [6.45, 7) is 8.56. The SMILES string of the molecule is C=P(C)(C)CC(C)[C@H]1O[C@@H](n2c(CC)nc3c(=O)[nH]c(C)nc32)[C@H](O)[C@@H]1O. The number of nitrogens with one attached hydrogen (secondary N) is 1. The average molecular weight is 396 g/mol. The van der Waals surface area contributed by atoms with Gasteiger partial charge in [-0.3, -0.25) is 9.36 Å². The zero-order valence-corrected chi connectivity index (χ0v) is 17.4. The van der Waals surface area contributed by atoms with Gasteiger partial charge in [0.1, 0.15) is 23.9 Å². The molecule has 1 aliphatic heterocycles. The molecule has 1 aliphatic rings. The zero-order chi connectivity index (χ0) is 20.1. The second-order valence-corrected chi connectivity index (χ2v) is 12.4. The highest BCUT2D eigenvalue weighted by Gasteiger charge is 2.47. The predicted molar refractivity (Wildman–Crippen MR) is 108 cm³/mol. The van der Waals surface area contributed by atoms with E-state index >= 15 is 0 Å². The first-order chi connectivity index (χ1) is 12.5. The Hall–Kier alpha value is -1.47. The highest BCUT2D eigenvalue weighted by molar-refractivity contribution is 7.72. The lowest BCUT2D eigenvalue weighted by Crippen LogP contribution is -2.36. The van der Waals surface area contributed by atoms with Crippen molar-refractivity contribution in [1.82, 2.24) is 19.5 Å². The van der Waals surface area contributed by atoms with Crippen LogP contribution in [0.15, 0.2) is 4.79 Å². The first-order valence-corrected chi connectivity index (χ1v) is 12.3. The number of aromatic nitrogens is 4. The highest BCUT2D eigenvalue weighted by atomic mass is 31.2. The van der Waals surface area contributed by atoms with E-state index in [9.17, 15) is 15.0 Å². The summed E-state index contributed by atoms with van der Waals surface area (Å²) in [6, 6.07) is 0. The van der Waals surface area contributed by atoms with Crippen LogP contribution in [0.3, 0.4) is 0 Å². The van der Waals surface area contributed by atoms with Gasteiger partial charge in [0.15, 0.2) is 17.4 Å². The maximum Gasteiger partial charge on any atom is 0.279 e. The third kappa shape index (κ3) is 3.76. The van der Waals surface area contributed by atoms with E-state index in [0.717, 1.165) is 6.16 Å². The first kappa shape index (κ1) is 20.3. The molecule has 5 atom stereocenters. The molecule has 3 N–H and O–H groups in total. The number of hydrogen-bond acceptors (Lipinski definition) is 6. The Bertz CT molecular complexity index is 947. The van der Waals surface area contributed by atoms with E-state index in [0.29, 0.717) is 23.7 Å². The second kappa shape index (κ2) is 7.17. The van der Waals surface area contributed by atoms with Crippen LogP contribution in [0.5, 0.6) is 0 Å². The molecule has 27 heavy (non-hydrogen) atoms. The third-order valence-corrected chi connectivity index (χ3v) is 6.50. The van der Waals surface area contributed by atoms with Gasteiger partial charge < -0.3 is 19.9 Å². The molecule has 1 fully saturated rings. The van der Waals surface area contributed by atoms with E-state index in [1.807, 2.05) is 13.8 Å². The summed E-state index contributed by atoms with van der Waals surface area (Å²) in [7, 11) is 0. The van der Waals surface area contributed by atoms with E-state index in [2.05, 4.69) is 34.6 Å². The van der Waals surface area contributed by atoms with Crippen LogP contribution in [0.1, 0.15) is 31.7 Å². The third-order valence-electron chi connectivity index (χ3n) is 4.93. The van der Waals surface area contributed by atoms with Crippen molar-refractivity contribution in [1.29, 1.82) is 0 Å². The van der Waals surface area contributed by atoms with E-state index < -0.39 is 31.4 Å².